The number of hydrogen-bond donors (Lipinski definition) is 1. The zero-order valence-corrected chi connectivity index (χ0v) is 10.8. The second-order valence-corrected chi connectivity index (χ2v) is 4.73. The molecular weight excluding hydrogens is 256 g/mol. The third-order valence-electron chi connectivity index (χ3n) is 3.48. The van der Waals surface area contributed by atoms with E-state index in [0.717, 1.165) is 0 Å². The number of nitrogens with zero attached hydrogens (tertiary/aromatic N) is 1. The quantitative estimate of drug-likeness (QED) is 0.593. The number of rotatable bonds is 1. The summed E-state index contributed by atoms with van der Waals surface area (Å²) in [5.74, 6) is 5.05. The molecule has 102 valence electrons. The number of imide groups is 1. The van der Waals surface area contributed by atoms with E-state index in [4.69, 9.17) is 10.5 Å². The molecule has 2 amide bonds. The molecule has 2 bridgehead atoms. The topological polar surface area (TPSA) is 72.6 Å². The Morgan fingerprint density at radius 1 is 1.20 bits per heavy atom. The third-order valence-corrected chi connectivity index (χ3v) is 3.48. The first-order valence-corrected chi connectivity index (χ1v) is 6.53. The van der Waals surface area contributed by atoms with Crippen LogP contribution in [0.1, 0.15) is 18.4 Å². The van der Waals surface area contributed by atoms with E-state index >= 15 is 0 Å². The van der Waals surface area contributed by atoms with Gasteiger partial charge in [-0.2, -0.15) is 0 Å². The summed E-state index contributed by atoms with van der Waals surface area (Å²) in [6.07, 6.45) is 0.187. The second kappa shape index (κ2) is 5.08. The van der Waals surface area contributed by atoms with E-state index < -0.39 is 12.2 Å². The maximum absolute atomic E-state index is 12.3. The highest BCUT2D eigenvalue weighted by molar-refractivity contribution is 6.20. The van der Waals surface area contributed by atoms with E-state index in [1.165, 1.54) is 4.90 Å². The summed E-state index contributed by atoms with van der Waals surface area (Å²) < 4.78 is 5.40. The van der Waals surface area contributed by atoms with E-state index in [0.29, 0.717) is 24.1 Å². The Balaban J connectivity index is 2.04. The number of fused-ring (bicyclic) bond motifs is 2. The van der Waals surface area contributed by atoms with Crippen LogP contribution in [0.15, 0.2) is 24.3 Å². The summed E-state index contributed by atoms with van der Waals surface area (Å²) in [4.78, 5) is 25.9. The Morgan fingerprint density at radius 2 is 1.85 bits per heavy atom. The molecule has 2 atom stereocenters. The van der Waals surface area contributed by atoms with Crippen molar-refractivity contribution in [2.24, 2.45) is 5.73 Å². The van der Waals surface area contributed by atoms with Crippen LogP contribution >= 0.6 is 0 Å². The first-order valence-electron chi connectivity index (χ1n) is 6.53. The zero-order chi connectivity index (χ0) is 14.1. The predicted octanol–water partition coefficient (Wildman–Crippen LogP) is 0.418. The van der Waals surface area contributed by atoms with Crippen molar-refractivity contribution in [3.63, 3.8) is 0 Å². The molecule has 0 radical (unpaired) electrons. The molecule has 5 heteroatoms. The molecule has 0 aliphatic carbocycles. The molecule has 20 heavy (non-hydrogen) atoms. The van der Waals surface area contributed by atoms with Gasteiger partial charge < -0.3 is 10.5 Å². The Kier molecular flexibility index (Phi) is 3.26. The van der Waals surface area contributed by atoms with Crippen molar-refractivity contribution in [3.8, 4) is 11.8 Å². The highest BCUT2D eigenvalue weighted by atomic mass is 16.5. The van der Waals surface area contributed by atoms with Crippen molar-refractivity contribution in [1.82, 2.24) is 0 Å². The fourth-order valence-corrected chi connectivity index (χ4v) is 2.56. The normalized spacial score (nSPS) is 24.6. The Bertz CT molecular complexity index is 607. The smallest absolute Gasteiger partial charge is 0.263 e. The minimum atomic E-state index is -0.506. The molecule has 1 aromatic rings. The Hall–Kier alpha value is -2.16. The third kappa shape index (κ3) is 1.99. The van der Waals surface area contributed by atoms with Crippen molar-refractivity contribution >= 4 is 17.5 Å². The van der Waals surface area contributed by atoms with Crippen LogP contribution in [0, 0.1) is 11.8 Å². The van der Waals surface area contributed by atoms with Gasteiger partial charge in [0.15, 0.2) is 0 Å². The summed E-state index contributed by atoms with van der Waals surface area (Å²) in [7, 11) is 0. The molecule has 0 aromatic heterocycles. The van der Waals surface area contributed by atoms with Crippen LogP contribution in [0.4, 0.5) is 5.69 Å². The number of nitrogens with two attached hydrogens (primary N) is 1. The van der Waals surface area contributed by atoms with Crippen LogP contribution in [0.25, 0.3) is 0 Å². The number of carbonyl (C=O) groups excluding carboxylic acids is 2. The number of carbonyl (C=O) groups is 2. The number of para-hydroxylation sites is 1. The molecule has 2 saturated heterocycles. The molecule has 2 fully saturated rings. The van der Waals surface area contributed by atoms with E-state index in [1.807, 2.05) is 6.07 Å². The number of benzene rings is 1. The fraction of sp³-hybridized carbons (Fsp3) is 0.333. The molecule has 0 spiro atoms. The summed E-state index contributed by atoms with van der Waals surface area (Å²) in [5, 5.41) is 0. The van der Waals surface area contributed by atoms with Crippen molar-refractivity contribution in [3.05, 3.63) is 29.8 Å². The van der Waals surface area contributed by atoms with Gasteiger partial charge in [0.1, 0.15) is 12.2 Å². The van der Waals surface area contributed by atoms with Gasteiger partial charge in [0.2, 0.25) is 0 Å². The van der Waals surface area contributed by atoms with Crippen LogP contribution in [0.5, 0.6) is 0 Å². The van der Waals surface area contributed by atoms with E-state index in [9.17, 15) is 9.59 Å². The van der Waals surface area contributed by atoms with Gasteiger partial charge in [-0.05, 0) is 25.0 Å². The van der Waals surface area contributed by atoms with E-state index in [2.05, 4.69) is 11.8 Å². The number of hydrogen-bond acceptors (Lipinski definition) is 4. The first-order chi connectivity index (χ1) is 9.72. The molecule has 2 heterocycles. The van der Waals surface area contributed by atoms with Crippen molar-refractivity contribution < 1.29 is 14.3 Å². The predicted molar refractivity (Wildman–Crippen MR) is 72.8 cm³/mol. The fourth-order valence-electron chi connectivity index (χ4n) is 2.56. The first kappa shape index (κ1) is 12.9. The summed E-state index contributed by atoms with van der Waals surface area (Å²) >= 11 is 0. The maximum atomic E-state index is 12.3. The van der Waals surface area contributed by atoms with Crippen LogP contribution in [0.3, 0.4) is 0 Å². The van der Waals surface area contributed by atoms with Gasteiger partial charge in [0.05, 0.1) is 12.2 Å². The standard InChI is InChI=1S/C15H14N2O3/c16-9-3-5-10-4-1-2-6-11(10)17-14(18)12-7-8-13(20-12)15(17)19/h1-2,4,6,12-13H,7-9,16H2. The molecule has 2 N–H and O–H groups in total. The van der Waals surface area contributed by atoms with Gasteiger partial charge in [-0.3, -0.25) is 9.59 Å². The molecule has 2 unspecified atom stereocenters. The van der Waals surface area contributed by atoms with Crippen LogP contribution in [-0.2, 0) is 14.3 Å². The minimum absolute atomic E-state index is 0.227. The highest BCUT2D eigenvalue weighted by Gasteiger charge is 2.47. The van der Waals surface area contributed by atoms with Crippen LogP contribution in [-0.4, -0.2) is 30.6 Å². The van der Waals surface area contributed by atoms with Crippen molar-refractivity contribution in [2.45, 2.75) is 25.0 Å². The molecule has 2 aliphatic heterocycles. The average molecular weight is 270 g/mol. The molecular formula is C15H14N2O3. The molecule has 5 nitrogen and oxygen atoms in total. The second-order valence-electron chi connectivity index (χ2n) is 4.73. The zero-order valence-electron chi connectivity index (χ0n) is 10.8. The van der Waals surface area contributed by atoms with Crippen molar-refractivity contribution in [1.29, 1.82) is 0 Å². The summed E-state index contributed by atoms with van der Waals surface area (Å²) in [5.41, 5.74) is 6.52. The minimum Gasteiger partial charge on any atom is -0.355 e. The lowest BCUT2D eigenvalue weighted by Crippen LogP contribution is -2.52. The lowest BCUT2D eigenvalue weighted by Gasteiger charge is -2.30. The van der Waals surface area contributed by atoms with Gasteiger partial charge in [0, 0.05) is 5.56 Å². The average Bonchev–Trinajstić information content (AvgIpc) is 2.91. The van der Waals surface area contributed by atoms with Gasteiger partial charge >= 0.3 is 0 Å². The van der Waals surface area contributed by atoms with Crippen LogP contribution < -0.4 is 10.6 Å². The molecule has 3 rings (SSSR count). The largest absolute Gasteiger partial charge is 0.355 e. The summed E-state index contributed by atoms with van der Waals surface area (Å²) in [6, 6.07) is 7.09. The SMILES string of the molecule is NCC#Cc1ccccc1N1C(=O)C2CCC(O2)C1=O. The van der Waals surface area contributed by atoms with E-state index in [-0.39, 0.29) is 18.4 Å². The molecule has 0 saturated carbocycles. The Morgan fingerprint density at radius 3 is 2.50 bits per heavy atom. The highest BCUT2D eigenvalue weighted by Crippen LogP contribution is 2.32. The number of morpholine rings is 1. The Labute approximate surface area is 116 Å². The van der Waals surface area contributed by atoms with Gasteiger partial charge in [-0.15, -0.1) is 0 Å². The monoisotopic (exact) mass is 270 g/mol. The van der Waals surface area contributed by atoms with E-state index in [1.54, 1.807) is 18.2 Å². The number of ether oxygens (including phenoxy) is 1. The van der Waals surface area contributed by atoms with Gasteiger partial charge in [-0.25, -0.2) is 4.90 Å². The summed E-state index contributed by atoms with van der Waals surface area (Å²) in [6.45, 7) is 0.227. The molecule has 1 aromatic carbocycles. The number of anilines is 1. The van der Waals surface area contributed by atoms with Crippen LogP contribution in [0.2, 0.25) is 0 Å². The van der Waals surface area contributed by atoms with Gasteiger partial charge in [-0.1, -0.05) is 24.0 Å². The molecule has 2 aliphatic rings. The maximum Gasteiger partial charge on any atom is 0.263 e. The van der Waals surface area contributed by atoms with Crippen molar-refractivity contribution in [2.75, 3.05) is 11.4 Å². The lowest BCUT2D eigenvalue weighted by molar-refractivity contribution is -0.146. The van der Waals surface area contributed by atoms with Gasteiger partial charge in [0.25, 0.3) is 11.8 Å². The lowest BCUT2D eigenvalue weighted by atomic mass is 10.1. The number of amides is 2.